The molecule has 11 heteroatoms. The first-order chi connectivity index (χ1) is 19.4. The first-order valence-electron chi connectivity index (χ1n) is 12.9. The predicted octanol–water partition coefficient (Wildman–Crippen LogP) is 4.22. The molecule has 2 amide bonds. The van der Waals surface area contributed by atoms with Gasteiger partial charge in [0.25, 0.3) is 5.91 Å². The highest BCUT2D eigenvalue weighted by Gasteiger charge is 2.25. The van der Waals surface area contributed by atoms with Crippen LogP contribution in [0.1, 0.15) is 17.3 Å². The highest BCUT2D eigenvalue weighted by Crippen LogP contribution is 2.39. The van der Waals surface area contributed by atoms with Gasteiger partial charge in [0.1, 0.15) is 5.03 Å². The van der Waals surface area contributed by atoms with Crippen LogP contribution in [0.4, 0.5) is 23.0 Å². The second-order valence-corrected chi connectivity index (χ2v) is 10.8. The number of carbonyl (C=O) groups is 3. The standard InChI is InChI=1S/C29H27N7O3S/c1-19(38)35-17-20(23-5-3-4-6-25(23)35)15-26-27(39)31-24-16-30-29(32-28(24)40-26)36(18-37)22-9-7-21(8-10-22)34-13-11-33(2)12-14-34/h3-10,15-18H,11-14H2,1-2H3,(H,31,39)/b26-15+. The van der Waals surface area contributed by atoms with Crippen molar-refractivity contribution in [3.8, 4) is 0 Å². The maximum Gasteiger partial charge on any atom is 0.262 e. The van der Waals surface area contributed by atoms with Crippen LogP contribution in [0.15, 0.2) is 70.9 Å². The fraction of sp³-hybridized carbons (Fsp3) is 0.207. The van der Waals surface area contributed by atoms with E-state index >= 15 is 0 Å². The van der Waals surface area contributed by atoms with E-state index < -0.39 is 0 Å². The Morgan fingerprint density at radius 1 is 1.07 bits per heavy atom. The topological polar surface area (TPSA) is 104 Å². The van der Waals surface area contributed by atoms with E-state index in [9.17, 15) is 14.4 Å². The lowest BCUT2D eigenvalue weighted by molar-refractivity contribution is -0.112. The van der Waals surface area contributed by atoms with Crippen molar-refractivity contribution in [2.75, 3.05) is 48.3 Å². The summed E-state index contributed by atoms with van der Waals surface area (Å²) in [5.41, 5.74) is 3.74. The smallest absolute Gasteiger partial charge is 0.262 e. The van der Waals surface area contributed by atoms with E-state index in [0.29, 0.717) is 27.7 Å². The number of anilines is 4. The molecule has 4 aromatic rings. The number of fused-ring (bicyclic) bond motifs is 2. The maximum absolute atomic E-state index is 12.9. The summed E-state index contributed by atoms with van der Waals surface area (Å²) in [6.45, 7) is 5.42. The van der Waals surface area contributed by atoms with Gasteiger partial charge in [-0.05, 0) is 43.5 Å². The molecule has 0 atom stereocenters. The summed E-state index contributed by atoms with van der Waals surface area (Å²) in [5, 5.41) is 4.22. The van der Waals surface area contributed by atoms with Gasteiger partial charge < -0.3 is 15.1 Å². The monoisotopic (exact) mass is 553 g/mol. The lowest BCUT2D eigenvalue weighted by atomic mass is 10.1. The number of hydrogen-bond donors (Lipinski definition) is 1. The third kappa shape index (κ3) is 4.85. The Balaban J connectivity index is 1.27. The normalized spacial score (nSPS) is 16.6. The number of amides is 2. The molecule has 1 saturated heterocycles. The molecule has 0 unspecified atom stereocenters. The molecular weight excluding hydrogens is 526 g/mol. The number of benzene rings is 2. The Labute approximate surface area is 235 Å². The van der Waals surface area contributed by atoms with E-state index in [-0.39, 0.29) is 17.8 Å². The number of rotatable bonds is 5. The minimum absolute atomic E-state index is 0.116. The van der Waals surface area contributed by atoms with Crippen molar-refractivity contribution in [1.82, 2.24) is 19.4 Å². The lowest BCUT2D eigenvalue weighted by Gasteiger charge is -2.34. The van der Waals surface area contributed by atoms with Crippen LogP contribution in [0.5, 0.6) is 0 Å². The molecule has 1 fully saturated rings. The van der Waals surface area contributed by atoms with Crippen LogP contribution in [0.3, 0.4) is 0 Å². The van der Waals surface area contributed by atoms with Gasteiger partial charge in [-0.25, -0.2) is 9.97 Å². The second-order valence-electron chi connectivity index (χ2n) is 9.73. The zero-order valence-corrected chi connectivity index (χ0v) is 22.9. The van der Waals surface area contributed by atoms with Gasteiger partial charge in [-0.3, -0.25) is 23.9 Å². The van der Waals surface area contributed by atoms with Crippen LogP contribution in [-0.2, 0) is 9.59 Å². The lowest BCUT2D eigenvalue weighted by Crippen LogP contribution is -2.44. The van der Waals surface area contributed by atoms with Crippen molar-refractivity contribution in [1.29, 1.82) is 0 Å². The van der Waals surface area contributed by atoms with Crippen molar-refractivity contribution in [3.63, 3.8) is 0 Å². The first-order valence-corrected chi connectivity index (χ1v) is 13.7. The molecule has 40 heavy (non-hydrogen) atoms. The van der Waals surface area contributed by atoms with Crippen molar-refractivity contribution in [2.45, 2.75) is 11.9 Å². The highest BCUT2D eigenvalue weighted by molar-refractivity contribution is 8.04. The van der Waals surface area contributed by atoms with E-state index in [1.54, 1.807) is 16.8 Å². The average Bonchev–Trinajstić information content (AvgIpc) is 3.33. The van der Waals surface area contributed by atoms with Crippen LogP contribution in [0, 0.1) is 0 Å². The number of nitrogens with one attached hydrogen (secondary N) is 1. The summed E-state index contributed by atoms with van der Waals surface area (Å²) in [7, 11) is 2.12. The molecule has 10 nitrogen and oxygen atoms in total. The predicted molar refractivity (Wildman–Crippen MR) is 157 cm³/mol. The first kappa shape index (κ1) is 25.8. The Bertz CT molecular complexity index is 1660. The van der Waals surface area contributed by atoms with E-state index in [1.807, 2.05) is 48.5 Å². The number of aromatic nitrogens is 3. The van der Waals surface area contributed by atoms with Gasteiger partial charge >= 0.3 is 0 Å². The van der Waals surface area contributed by atoms with Crippen LogP contribution in [-0.4, -0.2) is 70.9 Å². The fourth-order valence-corrected chi connectivity index (χ4v) is 5.78. The summed E-state index contributed by atoms with van der Waals surface area (Å²) in [4.78, 5) is 52.6. The molecule has 2 aromatic heterocycles. The summed E-state index contributed by atoms with van der Waals surface area (Å²) in [5.74, 6) is -0.202. The Morgan fingerprint density at radius 3 is 2.55 bits per heavy atom. The third-order valence-corrected chi connectivity index (χ3v) is 8.13. The minimum Gasteiger partial charge on any atom is -0.369 e. The number of piperazine rings is 1. The van der Waals surface area contributed by atoms with Crippen LogP contribution in [0.25, 0.3) is 17.0 Å². The fourth-order valence-electron chi connectivity index (χ4n) is 4.90. The van der Waals surface area contributed by atoms with Gasteiger partial charge in [-0.15, -0.1) is 0 Å². The average molecular weight is 554 g/mol. The number of para-hydroxylation sites is 1. The summed E-state index contributed by atoms with van der Waals surface area (Å²) >= 11 is 1.20. The van der Waals surface area contributed by atoms with Crippen molar-refractivity contribution in [3.05, 3.63) is 71.4 Å². The van der Waals surface area contributed by atoms with Crippen molar-refractivity contribution < 1.29 is 14.4 Å². The van der Waals surface area contributed by atoms with E-state index in [2.05, 4.69) is 32.1 Å². The Morgan fingerprint density at radius 2 is 1.82 bits per heavy atom. The van der Waals surface area contributed by atoms with Crippen molar-refractivity contribution in [2.24, 2.45) is 0 Å². The molecule has 0 saturated carbocycles. The third-order valence-electron chi connectivity index (χ3n) is 7.11. The molecule has 0 radical (unpaired) electrons. The van der Waals surface area contributed by atoms with Gasteiger partial charge in [0.2, 0.25) is 18.3 Å². The molecule has 4 heterocycles. The highest BCUT2D eigenvalue weighted by atomic mass is 32.2. The number of thioether (sulfide) groups is 1. The van der Waals surface area contributed by atoms with Gasteiger partial charge in [-0.1, -0.05) is 30.0 Å². The zero-order valence-electron chi connectivity index (χ0n) is 22.1. The molecule has 2 aromatic carbocycles. The molecule has 0 bridgehead atoms. The number of carbonyl (C=O) groups excluding carboxylic acids is 3. The largest absolute Gasteiger partial charge is 0.369 e. The molecule has 6 rings (SSSR count). The van der Waals surface area contributed by atoms with Gasteiger partial charge in [0.15, 0.2) is 0 Å². The molecule has 2 aliphatic rings. The molecule has 0 aliphatic carbocycles. The summed E-state index contributed by atoms with van der Waals surface area (Å²) in [6.07, 6.45) is 5.68. The SMILES string of the molecule is CC(=O)n1cc(/C=C2/Sc3nc(N(C=O)c4ccc(N5CCN(C)CC5)cc4)ncc3NC2=O)c2ccccc21. The van der Waals surface area contributed by atoms with Gasteiger partial charge in [-0.2, -0.15) is 0 Å². The summed E-state index contributed by atoms with van der Waals surface area (Å²) < 4.78 is 1.57. The number of hydrogen-bond acceptors (Lipinski definition) is 8. The summed E-state index contributed by atoms with van der Waals surface area (Å²) in [6, 6.07) is 15.3. The van der Waals surface area contributed by atoms with Crippen LogP contribution in [0.2, 0.25) is 0 Å². The molecule has 0 spiro atoms. The molecule has 1 N–H and O–H groups in total. The molecule has 202 valence electrons. The van der Waals surface area contributed by atoms with Gasteiger partial charge in [0, 0.05) is 55.9 Å². The quantitative estimate of drug-likeness (QED) is 0.223. The zero-order chi connectivity index (χ0) is 27.8. The van der Waals surface area contributed by atoms with E-state index in [0.717, 1.165) is 48.3 Å². The second kappa shape index (κ2) is 10.6. The maximum atomic E-state index is 12.9. The number of nitrogens with zero attached hydrogens (tertiary/aromatic N) is 6. The van der Waals surface area contributed by atoms with Crippen LogP contribution < -0.4 is 15.1 Å². The van der Waals surface area contributed by atoms with E-state index in [1.165, 1.54) is 29.8 Å². The Kier molecular flexibility index (Phi) is 6.82. The van der Waals surface area contributed by atoms with Crippen molar-refractivity contribution >= 4 is 70.0 Å². The molecular formula is C29H27N7O3S. The number of likely N-dealkylation sites (N-methyl/N-ethyl adjacent to an activating group) is 1. The van der Waals surface area contributed by atoms with Gasteiger partial charge in [0.05, 0.1) is 28.0 Å². The Hall–Kier alpha value is -4.48. The molecule has 2 aliphatic heterocycles. The van der Waals surface area contributed by atoms with E-state index in [4.69, 9.17) is 0 Å². The minimum atomic E-state index is -0.291. The van der Waals surface area contributed by atoms with Crippen LogP contribution >= 0.6 is 11.8 Å².